The molecule has 5 rings (SSSR count). The highest BCUT2D eigenvalue weighted by molar-refractivity contribution is 5.87. The average molecular weight is 422 g/mol. The number of rotatable bonds is 5. The number of hydrogen-bond acceptors (Lipinski definition) is 1. The summed E-state index contributed by atoms with van der Waals surface area (Å²) in [4.78, 5) is 17.3. The molecule has 0 spiro atoms. The predicted molar refractivity (Wildman–Crippen MR) is 130 cm³/mol. The van der Waals surface area contributed by atoms with Crippen LogP contribution in [0.2, 0.25) is 0 Å². The highest BCUT2D eigenvalue weighted by atomic mass is 16.2. The van der Waals surface area contributed by atoms with E-state index < -0.39 is 0 Å². The number of nitrogens with one attached hydrogen (secondary N) is 1. The van der Waals surface area contributed by atoms with Crippen molar-refractivity contribution in [1.29, 1.82) is 0 Å². The summed E-state index contributed by atoms with van der Waals surface area (Å²) in [6, 6.07) is 35.5. The minimum Gasteiger partial charge on any atom is -0.331 e. The number of nitrogens with zero attached hydrogens (tertiary/aromatic N) is 1. The Balaban J connectivity index is 1.30. The van der Waals surface area contributed by atoms with Gasteiger partial charge in [-0.2, -0.15) is 0 Å². The van der Waals surface area contributed by atoms with E-state index in [0.29, 0.717) is 0 Å². The lowest BCUT2D eigenvalue weighted by atomic mass is 9.90. The lowest BCUT2D eigenvalue weighted by molar-refractivity contribution is -0.917. The molecule has 0 atom stereocenters. The summed E-state index contributed by atoms with van der Waals surface area (Å²) >= 11 is 0. The normalized spacial score (nSPS) is 14.7. The molecule has 1 fully saturated rings. The van der Waals surface area contributed by atoms with Crippen LogP contribution in [0.5, 0.6) is 0 Å². The Bertz CT molecular complexity index is 1140. The molecule has 0 aromatic heterocycles. The Hall–Kier alpha value is -3.43. The molecule has 32 heavy (non-hydrogen) atoms. The molecule has 0 unspecified atom stereocenters. The molecule has 1 aliphatic heterocycles. The first-order valence-electron chi connectivity index (χ1n) is 11.5. The Morgan fingerprint density at radius 1 is 0.719 bits per heavy atom. The maximum Gasteiger partial charge on any atom is 0.234 e. The molecule has 0 bridgehead atoms. The standard InChI is InChI=1S/C29H28N2O/c32-29(28(24-11-3-1-4-12-24)25-13-5-2-6-14-25)31-20-18-30(19-21-31)22-26-16-9-15-23-10-7-8-17-27(23)26/h1-17,28H,18-22H2/p+1. The Morgan fingerprint density at radius 3 is 1.94 bits per heavy atom. The fourth-order valence-corrected chi connectivity index (χ4v) is 4.89. The summed E-state index contributed by atoms with van der Waals surface area (Å²) in [5, 5.41) is 2.64. The largest absolute Gasteiger partial charge is 0.331 e. The molecule has 0 saturated carbocycles. The van der Waals surface area contributed by atoms with E-state index in [1.165, 1.54) is 16.3 Å². The molecule has 4 aromatic rings. The zero-order valence-corrected chi connectivity index (χ0v) is 18.3. The predicted octanol–water partition coefficient (Wildman–Crippen LogP) is 3.90. The van der Waals surface area contributed by atoms with Gasteiger partial charge in [0.15, 0.2) is 0 Å². The van der Waals surface area contributed by atoms with Gasteiger partial charge in [0, 0.05) is 5.56 Å². The van der Waals surface area contributed by atoms with Crippen LogP contribution in [0.15, 0.2) is 103 Å². The zero-order valence-electron chi connectivity index (χ0n) is 18.3. The second-order valence-corrected chi connectivity index (χ2v) is 8.64. The van der Waals surface area contributed by atoms with Gasteiger partial charge in [0.05, 0.1) is 32.1 Å². The summed E-state index contributed by atoms with van der Waals surface area (Å²) in [6.07, 6.45) is 0. The lowest BCUT2D eigenvalue weighted by Crippen LogP contribution is -3.13. The number of carbonyl (C=O) groups excluding carboxylic acids is 1. The molecular formula is C29H29N2O+. The summed E-state index contributed by atoms with van der Waals surface area (Å²) in [5.74, 6) is -0.0244. The van der Waals surface area contributed by atoms with Crippen molar-refractivity contribution in [2.45, 2.75) is 12.5 Å². The van der Waals surface area contributed by atoms with Crippen LogP contribution < -0.4 is 4.90 Å². The lowest BCUT2D eigenvalue weighted by Gasteiger charge is -2.34. The maximum atomic E-state index is 13.7. The van der Waals surface area contributed by atoms with Gasteiger partial charge in [-0.3, -0.25) is 4.79 Å². The molecule has 160 valence electrons. The van der Waals surface area contributed by atoms with E-state index in [2.05, 4.69) is 71.6 Å². The van der Waals surface area contributed by atoms with Crippen LogP contribution in [-0.4, -0.2) is 37.0 Å². The smallest absolute Gasteiger partial charge is 0.234 e. The van der Waals surface area contributed by atoms with Crippen LogP contribution in [-0.2, 0) is 11.3 Å². The summed E-state index contributed by atoms with van der Waals surface area (Å²) in [5.41, 5.74) is 3.52. The third-order valence-corrected chi connectivity index (χ3v) is 6.62. The van der Waals surface area contributed by atoms with Crippen LogP contribution in [0.4, 0.5) is 0 Å². The molecule has 0 radical (unpaired) electrons. The van der Waals surface area contributed by atoms with Gasteiger partial charge in [0.1, 0.15) is 6.54 Å². The number of fused-ring (bicyclic) bond motifs is 1. The highest BCUT2D eigenvalue weighted by Crippen LogP contribution is 2.27. The van der Waals surface area contributed by atoms with E-state index in [0.717, 1.165) is 43.9 Å². The van der Waals surface area contributed by atoms with Crippen molar-refractivity contribution in [2.75, 3.05) is 26.2 Å². The van der Waals surface area contributed by atoms with Crippen LogP contribution in [0.1, 0.15) is 22.6 Å². The van der Waals surface area contributed by atoms with Crippen molar-refractivity contribution in [1.82, 2.24) is 4.90 Å². The molecule has 0 aliphatic carbocycles. The van der Waals surface area contributed by atoms with Crippen LogP contribution in [0.3, 0.4) is 0 Å². The molecule has 1 amide bonds. The van der Waals surface area contributed by atoms with E-state index >= 15 is 0 Å². The molecule has 1 N–H and O–H groups in total. The van der Waals surface area contributed by atoms with E-state index in [9.17, 15) is 4.79 Å². The highest BCUT2D eigenvalue weighted by Gasteiger charge is 2.31. The Kier molecular flexibility index (Phi) is 6.00. The van der Waals surface area contributed by atoms with Gasteiger partial charge < -0.3 is 9.80 Å². The van der Waals surface area contributed by atoms with Gasteiger partial charge in [0.2, 0.25) is 5.91 Å². The quantitative estimate of drug-likeness (QED) is 0.519. The first-order valence-corrected chi connectivity index (χ1v) is 11.5. The molecule has 4 aromatic carbocycles. The number of benzene rings is 4. The second-order valence-electron chi connectivity index (χ2n) is 8.64. The minimum absolute atomic E-state index is 0.214. The SMILES string of the molecule is O=C(C(c1ccccc1)c1ccccc1)N1CC[NH+](Cc2cccc3ccccc23)CC1. The fourth-order valence-electron chi connectivity index (χ4n) is 4.89. The van der Waals surface area contributed by atoms with Gasteiger partial charge in [-0.1, -0.05) is 103 Å². The van der Waals surface area contributed by atoms with Crippen molar-refractivity contribution >= 4 is 16.7 Å². The molecule has 1 saturated heterocycles. The summed E-state index contributed by atoms with van der Waals surface area (Å²) < 4.78 is 0. The molecule has 3 nitrogen and oxygen atoms in total. The van der Waals surface area contributed by atoms with Gasteiger partial charge in [-0.05, 0) is 21.9 Å². The van der Waals surface area contributed by atoms with Crippen molar-refractivity contribution in [2.24, 2.45) is 0 Å². The Labute approximate surface area is 189 Å². The second kappa shape index (κ2) is 9.37. The van der Waals surface area contributed by atoms with E-state index in [1.54, 1.807) is 4.90 Å². The minimum atomic E-state index is -0.239. The molecule has 1 aliphatic rings. The first kappa shape index (κ1) is 20.5. The summed E-state index contributed by atoms with van der Waals surface area (Å²) in [7, 11) is 0. The first-order chi connectivity index (χ1) is 15.8. The number of piperazine rings is 1. The van der Waals surface area contributed by atoms with Crippen LogP contribution in [0.25, 0.3) is 10.8 Å². The summed E-state index contributed by atoms with van der Waals surface area (Å²) in [6.45, 7) is 4.56. The van der Waals surface area contributed by atoms with Crippen molar-refractivity contribution in [3.05, 3.63) is 120 Å². The number of hydrogen-bond donors (Lipinski definition) is 1. The molecule has 3 heteroatoms. The molecule has 1 heterocycles. The van der Waals surface area contributed by atoms with E-state index in [-0.39, 0.29) is 11.8 Å². The zero-order chi connectivity index (χ0) is 21.8. The monoisotopic (exact) mass is 421 g/mol. The van der Waals surface area contributed by atoms with E-state index in [4.69, 9.17) is 0 Å². The van der Waals surface area contributed by atoms with Crippen molar-refractivity contribution < 1.29 is 9.69 Å². The van der Waals surface area contributed by atoms with Gasteiger partial charge >= 0.3 is 0 Å². The maximum absolute atomic E-state index is 13.7. The number of quaternary nitrogens is 1. The average Bonchev–Trinajstić information content (AvgIpc) is 2.86. The number of carbonyl (C=O) groups is 1. The third kappa shape index (κ3) is 4.30. The van der Waals surface area contributed by atoms with Crippen molar-refractivity contribution in [3.8, 4) is 0 Å². The van der Waals surface area contributed by atoms with E-state index in [1.807, 2.05) is 36.4 Å². The van der Waals surface area contributed by atoms with Gasteiger partial charge in [-0.25, -0.2) is 0 Å². The topological polar surface area (TPSA) is 24.8 Å². The van der Waals surface area contributed by atoms with Crippen LogP contribution in [0, 0.1) is 0 Å². The van der Waals surface area contributed by atoms with Gasteiger partial charge in [-0.15, -0.1) is 0 Å². The van der Waals surface area contributed by atoms with Crippen molar-refractivity contribution in [3.63, 3.8) is 0 Å². The molecular weight excluding hydrogens is 392 g/mol. The van der Waals surface area contributed by atoms with Crippen LogP contribution >= 0.6 is 0 Å². The number of amides is 1. The van der Waals surface area contributed by atoms with Gasteiger partial charge in [0.25, 0.3) is 0 Å². The third-order valence-electron chi connectivity index (χ3n) is 6.62. The fraction of sp³-hybridized carbons (Fsp3) is 0.207. The Morgan fingerprint density at radius 2 is 1.28 bits per heavy atom.